The minimum absolute atomic E-state index is 0.121. The third-order valence-corrected chi connectivity index (χ3v) is 18.1. The highest BCUT2D eigenvalue weighted by Crippen LogP contribution is 2.14. The average Bonchev–Trinajstić information content (AvgIpc) is 1.84. The molecule has 1 heterocycles. The Morgan fingerprint density at radius 3 is 1.09 bits per heavy atom. The summed E-state index contributed by atoms with van der Waals surface area (Å²) in [5, 5.41) is 57.8. The van der Waals surface area contributed by atoms with Crippen LogP contribution in [0.1, 0.15) is 99.6 Å². The summed E-state index contributed by atoms with van der Waals surface area (Å²) in [4.78, 5) is 201. The third-order valence-electron chi connectivity index (χ3n) is 18.1. The number of hydrogen-bond acceptors (Lipinski definition) is 21. The van der Waals surface area contributed by atoms with E-state index in [2.05, 4.69) is 74.4 Å². The molecule has 0 spiro atoms. The van der Waals surface area contributed by atoms with Crippen molar-refractivity contribution in [1.29, 1.82) is 0 Å². The first-order valence-corrected chi connectivity index (χ1v) is 38.6. The highest BCUT2D eigenvalue weighted by atomic mass is 16.6. The van der Waals surface area contributed by atoms with Crippen LogP contribution in [-0.4, -0.2) is 193 Å². The van der Waals surface area contributed by atoms with E-state index in [0.717, 1.165) is 13.8 Å². The van der Waals surface area contributed by atoms with E-state index in [1.165, 1.54) is 0 Å². The maximum atomic E-state index is 15.4. The minimum Gasteiger partial charge on any atom is -0.445 e. The predicted molar refractivity (Wildman–Crippen MR) is 427 cm³/mol. The first kappa shape index (κ1) is 92.0. The molecule has 11 atom stereocenters. The van der Waals surface area contributed by atoms with Gasteiger partial charge in [-0.15, -0.1) is 0 Å². The van der Waals surface area contributed by atoms with Crippen molar-refractivity contribution < 1.29 is 101 Å². The third kappa shape index (κ3) is 33.7. The van der Waals surface area contributed by atoms with Crippen molar-refractivity contribution in [3.63, 3.8) is 0 Å². The molecule has 0 saturated carbocycles. The fourth-order valence-corrected chi connectivity index (χ4v) is 11.8. The lowest BCUT2D eigenvalue weighted by Gasteiger charge is -2.29. The van der Waals surface area contributed by atoms with E-state index >= 15 is 24.0 Å². The van der Waals surface area contributed by atoms with Gasteiger partial charge in [0.15, 0.2) is 0 Å². The zero-order chi connectivity index (χ0) is 85.1. The predicted octanol–water partition coefficient (Wildman–Crippen LogP) is 3.00. The van der Waals surface area contributed by atoms with E-state index in [9.17, 15) is 53.4 Å². The average molecular weight is 1630 g/mol. The number of aliphatic hydroxyl groups excluding tert-OH is 2. The van der Waals surface area contributed by atoms with Gasteiger partial charge in [-0.25, -0.2) is 24.0 Å². The van der Waals surface area contributed by atoms with Crippen LogP contribution in [0.25, 0.3) is 0 Å². The SMILES string of the molecule is CC(C)C[C@@H]1NC(=O)[C@H](Cc2ccccc2)NC(=O)[C@H](CCNC(=O)OCc2ccccc2)NC(=O)[C@@H](NC(=O)[C@H](CCNC(=O)OCc2ccccc2)NC(=O)[C@@H](NC(=O)OCc2ccccc2)[C@@H](C)O)CCNC(=O)[C@H]([C@@H](C)O)NC(=O)[C@H](CCNC(=O)OCc2ccccc2)NC(=O)[C@H](CCNC(=O)OCc2ccccc2)NC1=O. The fraction of sp³-hybridized carbons (Fsp3) is 0.398. The number of rotatable bonds is 33. The van der Waals surface area contributed by atoms with Gasteiger partial charge in [0.25, 0.3) is 0 Å². The topological polar surface area (TPSA) is 494 Å². The summed E-state index contributed by atoms with van der Waals surface area (Å²) in [5.41, 5.74) is 3.57. The second-order valence-electron chi connectivity index (χ2n) is 28.1. The van der Waals surface area contributed by atoms with E-state index < -0.39 is 208 Å². The lowest BCUT2D eigenvalue weighted by atomic mass is 10.00. The molecule has 0 aliphatic carbocycles. The number of carbonyl (C=O) groups excluding carboxylic acids is 14. The Bertz CT molecular complexity index is 4240. The van der Waals surface area contributed by atoms with E-state index in [1.807, 2.05) is 0 Å². The summed E-state index contributed by atoms with van der Waals surface area (Å²) in [6, 6.07) is 35.5. The van der Waals surface area contributed by atoms with Gasteiger partial charge in [-0.05, 0) is 91.7 Å². The van der Waals surface area contributed by atoms with Gasteiger partial charge in [0.05, 0.1) is 12.2 Å². The molecule has 6 aromatic rings. The number of amides is 14. The molecule has 35 nitrogen and oxygen atoms in total. The zero-order valence-electron chi connectivity index (χ0n) is 65.9. The van der Waals surface area contributed by atoms with Crippen LogP contribution in [0.2, 0.25) is 0 Å². The molecular formula is C83H104N14O21. The van der Waals surface area contributed by atoms with Gasteiger partial charge in [-0.3, -0.25) is 43.2 Å². The largest absolute Gasteiger partial charge is 0.445 e. The van der Waals surface area contributed by atoms with Crippen molar-refractivity contribution in [3.05, 3.63) is 215 Å². The first-order valence-electron chi connectivity index (χ1n) is 38.6. The molecule has 6 aromatic carbocycles. The van der Waals surface area contributed by atoms with Crippen LogP contribution in [0.4, 0.5) is 24.0 Å². The molecule has 0 bridgehead atoms. The van der Waals surface area contributed by atoms with Gasteiger partial charge in [0.1, 0.15) is 87.4 Å². The van der Waals surface area contributed by atoms with Crippen molar-refractivity contribution in [1.82, 2.24) is 74.4 Å². The van der Waals surface area contributed by atoms with Crippen LogP contribution in [0.5, 0.6) is 0 Å². The Morgan fingerprint density at radius 1 is 0.381 bits per heavy atom. The smallest absolute Gasteiger partial charge is 0.408 e. The van der Waals surface area contributed by atoms with Crippen molar-refractivity contribution in [2.45, 2.75) is 172 Å². The summed E-state index contributed by atoms with van der Waals surface area (Å²) in [7, 11) is 0. The van der Waals surface area contributed by atoms with Crippen LogP contribution in [0.15, 0.2) is 182 Å². The Kier molecular flexibility index (Phi) is 38.6. The van der Waals surface area contributed by atoms with Gasteiger partial charge in [0, 0.05) is 39.1 Å². The van der Waals surface area contributed by atoms with E-state index in [-0.39, 0.29) is 58.3 Å². The molecule has 0 unspecified atom stereocenters. The number of hydrogen-bond donors (Lipinski definition) is 16. The molecule has 632 valence electrons. The molecule has 1 fully saturated rings. The number of alkyl carbamates (subject to hydrolysis) is 5. The summed E-state index contributed by atoms with van der Waals surface area (Å²) >= 11 is 0. The molecule has 16 N–H and O–H groups in total. The Balaban J connectivity index is 1.27. The Hall–Kier alpha value is -13.2. The second kappa shape index (κ2) is 49.6. The first-order chi connectivity index (χ1) is 56.8. The number of nitrogens with one attached hydrogen (secondary N) is 14. The summed E-state index contributed by atoms with van der Waals surface area (Å²) < 4.78 is 26.9. The van der Waals surface area contributed by atoms with E-state index in [1.54, 1.807) is 196 Å². The van der Waals surface area contributed by atoms with Gasteiger partial charge < -0.3 is 108 Å². The monoisotopic (exact) mass is 1630 g/mol. The van der Waals surface area contributed by atoms with Crippen LogP contribution in [-0.2, 0) is 106 Å². The number of benzene rings is 6. The van der Waals surface area contributed by atoms with Gasteiger partial charge in [0.2, 0.25) is 53.2 Å². The number of carbonyl (C=O) groups is 14. The lowest BCUT2D eigenvalue weighted by Crippen LogP contribution is -2.61. The van der Waals surface area contributed by atoms with Crippen LogP contribution >= 0.6 is 0 Å². The number of ether oxygens (including phenoxy) is 5. The molecule has 1 aliphatic rings. The van der Waals surface area contributed by atoms with Crippen molar-refractivity contribution in [3.8, 4) is 0 Å². The quantitative estimate of drug-likeness (QED) is 0.0263. The molecule has 7 rings (SSSR count). The van der Waals surface area contributed by atoms with Crippen LogP contribution < -0.4 is 74.4 Å². The Morgan fingerprint density at radius 2 is 0.712 bits per heavy atom. The van der Waals surface area contributed by atoms with Crippen LogP contribution in [0, 0.1) is 5.92 Å². The summed E-state index contributed by atoms with van der Waals surface area (Å²) in [6.45, 7) is 2.56. The highest BCUT2D eigenvalue weighted by molar-refractivity contribution is 5.99. The van der Waals surface area contributed by atoms with Crippen molar-refractivity contribution in [2.75, 3.05) is 32.7 Å². The normalized spacial score (nSPS) is 18.7. The van der Waals surface area contributed by atoms with Crippen molar-refractivity contribution in [2.24, 2.45) is 5.92 Å². The minimum atomic E-state index is -1.91. The maximum Gasteiger partial charge on any atom is 0.408 e. The zero-order valence-corrected chi connectivity index (χ0v) is 65.9. The Labute approximate surface area is 682 Å². The molecule has 1 aliphatic heterocycles. The molecule has 118 heavy (non-hydrogen) atoms. The van der Waals surface area contributed by atoms with Gasteiger partial charge in [-0.1, -0.05) is 196 Å². The molecule has 0 radical (unpaired) electrons. The molecular weight excluding hydrogens is 1530 g/mol. The van der Waals surface area contributed by atoms with E-state index in [0.29, 0.717) is 33.4 Å². The summed E-state index contributed by atoms with van der Waals surface area (Å²) in [5.74, 6) is -10.4. The summed E-state index contributed by atoms with van der Waals surface area (Å²) in [6.07, 6.45) is -11.3. The fourth-order valence-electron chi connectivity index (χ4n) is 11.8. The molecule has 1 saturated heterocycles. The molecule has 35 heteroatoms. The molecule has 0 aromatic heterocycles. The van der Waals surface area contributed by atoms with Crippen LogP contribution in [0.3, 0.4) is 0 Å². The lowest BCUT2D eigenvalue weighted by molar-refractivity contribution is -0.136. The van der Waals surface area contributed by atoms with Gasteiger partial charge >= 0.3 is 30.5 Å². The number of aliphatic hydroxyl groups is 2. The van der Waals surface area contributed by atoms with Crippen molar-refractivity contribution >= 4 is 83.6 Å². The van der Waals surface area contributed by atoms with Gasteiger partial charge in [-0.2, -0.15) is 0 Å². The second-order valence-corrected chi connectivity index (χ2v) is 28.1. The van der Waals surface area contributed by atoms with E-state index in [4.69, 9.17) is 23.7 Å². The standard InChI is InChI=1S/C83H104N14O21/c1-52(2)45-66-75(105)92-62(36-41-85-79(109)114-47-56-25-13-6-14-26-56)71(101)91-65(39-44-88-82(112)117-50-59-31-19-9-20-32-59)74(104)96-68(53(3)98)77(107)84-40-35-61(70(100)90-63(37-42-86-80(110)115-48-57-27-15-7-16-28-57)73(103)95-67(76(106)94-66)46-55-23-11-5-12-24-55)89-72(102)64(38-43-87-81(111)116-49-58-29-17-8-18-30-58)93-78(108)69(54(4)99)97-83(113)118-51-60-33-21-10-22-34-60/h5-34,52-54,61-69,98-99H,35-51H2,1-4H3,(H,84,107)(H,85,109)(H,86,110)(H,87,111)(H,88,112)(H,89,102)(H,90,100)(H,91,101)(H,92,105)(H,93,108)(H,94,106)(H,95,103)(H,96,104)(H,97,113)/t53-,54-,61+,62+,63+,64+,65+,66+,67+,68+,69+/m1/s1. The maximum absolute atomic E-state index is 15.4. The highest BCUT2D eigenvalue weighted by Gasteiger charge is 2.38. The molecule has 14 amide bonds.